The lowest BCUT2D eigenvalue weighted by Gasteiger charge is -2.34. The molecule has 1 heterocycles. The van der Waals surface area contributed by atoms with Gasteiger partial charge in [-0.3, -0.25) is 4.90 Å². The fourth-order valence-corrected chi connectivity index (χ4v) is 2.30. The molecule has 0 saturated carbocycles. The standard InChI is InChI=1S/C15H29NO/c1-12(2)6-7-14(17)16-10-8-13(9-11-16)15(3,4)5/h8,12,14,17H,6-7,9-11H2,1-5H3/t14-/m1/s1. The van der Waals surface area contributed by atoms with E-state index in [2.05, 4.69) is 45.6 Å². The summed E-state index contributed by atoms with van der Waals surface area (Å²) in [6, 6.07) is 0. The Morgan fingerprint density at radius 2 is 1.94 bits per heavy atom. The third kappa shape index (κ3) is 4.81. The Morgan fingerprint density at radius 3 is 2.35 bits per heavy atom. The second-order valence-electron chi connectivity index (χ2n) is 6.68. The van der Waals surface area contributed by atoms with Crippen LogP contribution >= 0.6 is 0 Å². The van der Waals surface area contributed by atoms with Crippen LogP contribution in [-0.2, 0) is 0 Å². The Labute approximate surface area is 107 Å². The molecule has 17 heavy (non-hydrogen) atoms. The van der Waals surface area contributed by atoms with Crippen LogP contribution in [0.5, 0.6) is 0 Å². The largest absolute Gasteiger partial charge is 0.378 e. The van der Waals surface area contributed by atoms with Gasteiger partial charge in [-0.25, -0.2) is 0 Å². The number of rotatable bonds is 4. The van der Waals surface area contributed by atoms with Crippen molar-refractivity contribution in [1.82, 2.24) is 4.90 Å². The zero-order valence-corrected chi connectivity index (χ0v) is 12.2. The average Bonchev–Trinajstić information content (AvgIpc) is 2.25. The molecule has 0 aliphatic carbocycles. The first kappa shape index (κ1) is 14.7. The van der Waals surface area contributed by atoms with Gasteiger partial charge in [-0.15, -0.1) is 0 Å². The van der Waals surface area contributed by atoms with Crippen molar-refractivity contribution in [3.05, 3.63) is 11.6 Å². The van der Waals surface area contributed by atoms with Crippen LogP contribution in [-0.4, -0.2) is 29.3 Å². The minimum atomic E-state index is -0.254. The second kappa shape index (κ2) is 6.01. The van der Waals surface area contributed by atoms with Crippen LogP contribution in [0.1, 0.15) is 53.9 Å². The fourth-order valence-electron chi connectivity index (χ4n) is 2.30. The first-order valence-electron chi connectivity index (χ1n) is 6.92. The molecule has 0 spiro atoms. The SMILES string of the molecule is CC(C)CC[C@@H](O)N1CC=C(C(C)(C)C)CC1. The smallest absolute Gasteiger partial charge is 0.107 e. The van der Waals surface area contributed by atoms with Crippen LogP contribution in [0.2, 0.25) is 0 Å². The number of aliphatic hydroxyl groups excluding tert-OH is 1. The molecule has 0 unspecified atom stereocenters. The quantitative estimate of drug-likeness (QED) is 0.760. The van der Waals surface area contributed by atoms with Crippen molar-refractivity contribution in [2.24, 2.45) is 11.3 Å². The molecule has 1 N–H and O–H groups in total. The van der Waals surface area contributed by atoms with Crippen molar-refractivity contribution in [2.45, 2.75) is 60.1 Å². The van der Waals surface area contributed by atoms with Gasteiger partial charge in [-0.2, -0.15) is 0 Å². The summed E-state index contributed by atoms with van der Waals surface area (Å²) in [6.07, 6.45) is 5.16. The predicted molar refractivity (Wildman–Crippen MR) is 73.8 cm³/mol. The average molecular weight is 239 g/mol. The highest BCUT2D eigenvalue weighted by Gasteiger charge is 2.24. The molecular formula is C15H29NO. The lowest BCUT2D eigenvalue weighted by molar-refractivity contribution is -0.00157. The molecule has 0 saturated heterocycles. The summed E-state index contributed by atoms with van der Waals surface area (Å²) in [7, 11) is 0. The molecule has 0 fully saturated rings. The molecule has 100 valence electrons. The molecule has 2 nitrogen and oxygen atoms in total. The van der Waals surface area contributed by atoms with Gasteiger partial charge in [0.1, 0.15) is 6.23 Å². The van der Waals surface area contributed by atoms with Crippen molar-refractivity contribution in [3.8, 4) is 0 Å². The summed E-state index contributed by atoms with van der Waals surface area (Å²) >= 11 is 0. The van der Waals surface area contributed by atoms with E-state index >= 15 is 0 Å². The minimum Gasteiger partial charge on any atom is -0.378 e. The molecule has 1 aliphatic rings. The van der Waals surface area contributed by atoms with Gasteiger partial charge in [0.15, 0.2) is 0 Å². The van der Waals surface area contributed by atoms with Crippen molar-refractivity contribution in [3.63, 3.8) is 0 Å². The lowest BCUT2D eigenvalue weighted by atomic mass is 9.83. The maximum atomic E-state index is 10.1. The van der Waals surface area contributed by atoms with E-state index in [4.69, 9.17) is 0 Å². The topological polar surface area (TPSA) is 23.5 Å². The molecule has 1 atom stereocenters. The maximum Gasteiger partial charge on any atom is 0.107 e. The molecular weight excluding hydrogens is 210 g/mol. The summed E-state index contributed by atoms with van der Waals surface area (Å²) in [4.78, 5) is 2.19. The Bertz CT molecular complexity index is 263. The monoisotopic (exact) mass is 239 g/mol. The van der Waals surface area contributed by atoms with Gasteiger partial charge < -0.3 is 5.11 Å². The number of aliphatic hydroxyl groups is 1. The Hall–Kier alpha value is -0.340. The van der Waals surface area contributed by atoms with E-state index in [9.17, 15) is 5.11 Å². The Morgan fingerprint density at radius 1 is 1.29 bits per heavy atom. The molecule has 0 amide bonds. The van der Waals surface area contributed by atoms with Gasteiger partial charge in [-0.1, -0.05) is 46.3 Å². The molecule has 0 aromatic rings. The van der Waals surface area contributed by atoms with E-state index < -0.39 is 0 Å². The second-order valence-corrected chi connectivity index (χ2v) is 6.68. The first-order chi connectivity index (χ1) is 7.80. The predicted octanol–water partition coefficient (Wildman–Crippen LogP) is 3.42. The van der Waals surface area contributed by atoms with E-state index in [1.54, 1.807) is 0 Å². The van der Waals surface area contributed by atoms with E-state index in [-0.39, 0.29) is 11.6 Å². The van der Waals surface area contributed by atoms with E-state index in [0.717, 1.165) is 32.4 Å². The summed E-state index contributed by atoms with van der Waals surface area (Å²) in [5, 5.41) is 10.1. The van der Waals surface area contributed by atoms with Crippen molar-refractivity contribution < 1.29 is 5.11 Å². The van der Waals surface area contributed by atoms with Gasteiger partial charge in [0.2, 0.25) is 0 Å². The fraction of sp³-hybridized carbons (Fsp3) is 0.867. The van der Waals surface area contributed by atoms with Gasteiger partial charge in [0.05, 0.1) is 0 Å². The molecule has 0 radical (unpaired) electrons. The van der Waals surface area contributed by atoms with Crippen LogP contribution in [0.3, 0.4) is 0 Å². The van der Waals surface area contributed by atoms with Crippen molar-refractivity contribution in [2.75, 3.05) is 13.1 Å². The molecule has 1 rings (SSSR count). The van der Waals surface area contributed by atoms with Crippen LogP contribution < -0.4 is 0 Å². The first-order valence-corrected chi connectivity index (χ1v) is 6.92. The van der Waals surface area contributed by atoms with E-state index in [1.165, 1.54) is 5.57 Å². The maximum absolute atomic E-state index is 10.1. The highest BCUT2D eigenvalue weighted by molar-refractivity contribution is 5.14. The molecule has 0 aromatic carbocycles. The van der Waals surface area contributed by atoms with Gasteiger partial charge >= 0.3 is 0 Å². The highest BCUT2D eigenvalue weighted by Crippen LogP contribution is 2.30. The summed E-state index contributed by atoms with van der Waals surface area (Å²) in [6.45, 7) is 13.1. The van der Waals surface area contributed by atoms with Gasteiger partial charge in [0.25, 0.3) is 0 Å². The summed E-state index contributed by atoms with van der Waals surface area (Å²) in [5.74, 6) is 0.676. The minimum absolute atomic E-state index is 0.254. The molecule has 0 bridgehead atoms. The Kier molecular flexibility index (Phi) is 5.21. The number of nitrogens with zero attached hydrogens (tertiary/aromatic N) is 1. The van der Waals surface area contributed by atoms with Crippen molar-refractivity contribution in [1.29, 1.82) is 0 Å². The number of hydrogen-bond acceptors (Lipinski definition) is 2. The van der Waals surface area contributed by atoms with Crippen LogP contribution in [0.15, 0.2) is 11.6 Å². The van der Waals surface area contributed by atoms with Crippen LogP contribution in [0.4, 0.5) is 0 Å². The molecule has 1 aliphatic heterocycles. The zero-order valence-electron chi connectivity index (χ0n) is 12.2. The highest BCUT2D eigenvalue weighted by atomic mass is 16.3. The van der Waals surface area contributed by atoms with Crippen molar-refractivity contribution >= 4 is 0 Å². The van der Waals surface area contributed by atoms with Gasteiger partial charge in [-0.05, 0) is 30.6 Å². The third-order valence-corrected chi connectivity index (χ3v) is 3.63. The van der Waals surface area contributed by atoms with Crippen LogP contribution in [0, 0.1) is 11.3 Å². The summed E-state index contributed by atoms with van der Waals surface area (Å²) < 4.78 is 0. The third-order valence-electron chi connectivity index (χ3n) is 3.63. The van der Waals surface area contributed by atoms with Gasteiger partial charge in [0, 0.05) is 13.1 Å². The van der Waals surface area contributed by atoms with E-state index in [0.29, 0.717) is 5.92 Å². The zero-order chi connectivity index (χ0) is 13.1. The lowest BCUT2D eigenvalue weighted by Crippen LogP contribution is -2.39. The van der Waals surface area contributed by atoms with E-state index in [1.807, 2.05) is 0 Å². The normalized spacial score (nSPS) is 20.5. The van der Waals surface area contributed by atoms with Crippen LogP contribution in [0.25, 0.3) is 0 Å². The summed E-state index contributed by atoms with van der Waals surface area (Å²) in [5.41, 5.74) is 1.82. The number of hydrogen-bond donors (Lipinski definition) is 1. The molecule has 2 heteroatoms. The molecule has 0 aromatic heterocycles. The Balaban J connectivity index is 2.43.